The first-order chi connectivity index (χ1) is 9.87. The molecule has 1 aromatic rings. The summed E-state index contributed by atoms with van der Waals surface area (Å²) in [6.07, 6.45) is 0. The van der Waals surface area contributed by atoms with Gasteiger partial charge in [0.1, 0.15) is 0 Å². The van der Waals surface area contributed by atoms with E-state index in [4.69, 9.17) is 0 Å². The zero-order chi connectivity index (χ0) is 15.5. The van der Waals surface area contributed by atoms with Crippen molar-refractivity contribution in [3.8, 4) is 0 Å². The van der Waals surface area contributed by atoms with E-state index >= 15 is 0 Å². The van der Waals surface area contributed by atoms with E-state index < -0.39 is 0 Å². The molecule has 0 aromatic heterocycles. The summed E-state index contributed by atoms with van der Waals surface area (Å²) in [6, 6.07) is 8.29. The summed E-state index contributed by atoms with van der Waals surface area (Å²) < 4.78 is 1.06. The molecule has 3 nitrogen and oxygen atoms in total. The molecular weight excluding hydrogens is 384 g/mol. The van der Waals surface area contributed by atoms with E-state index in [1.807, 2.05) is 19.1 Å². The Morgan fingerprint density at radius 2 is 2.00 bits per heavy atom. The van der Waals surface area contributed by atoms with Gasteiger partial charge in [0.2, 0.25) is 5.91 Å². The quantitative estimate of drug-likeness (QED) is 0.706. The van der Waals surface area contributed by atoms with Crippen LogP contribution in [-0.4, -0.2) is 30.3 Å². The minimum atomic E-state index is -0.0267. The molecule has 1 aliphatic rings. The van der Waals surface area contributed by atoms with Crippen LogP contribution in [0.1, 0.15) is 20.8 Å². The smallest absolute Gasteiger partial charge is 0.223 e. The maximum absolute atomic E-state index is 12.2. The molecule has 0 spiro atoms. The Balaban J connectivity index is 0.00000242. The first kappa shape index (κ1) is 19.8. The van der Waals surface area contributed by atoms with E-state index in [0.29, 0.717) is 12.5 Å². The Morgan fingerprint density at radius 3 is 2.50 bits per heavy atom. The van der Waals surface area contributed by atoms with E-state index in [1.165, 1.54) is 4.90 Å². The normalized spacial score (nSPS) is 16.4. The minimum Gasteiger partial charge on any atom is -0.354 e. The largest absolute Gasteiger partial charge is 0.354 e. The fourth-order valence-corrected chi connectivity index (χ4v) is 3.52. The summed E-state index contributed by atoms with van der Waals surface area (Å²) in [5, 5.41) is 6.33. The molecule has 1 unspecified atom stereocenters. The SMILES string of the molecule is CC(C(=O)NCC(C)(C)Sc1ccc(Br)cc1)C1CNC1.Cl. The van der Waals surface area contributed by atoms with Gasteiger partial charge in [-0.05, 0) is 57.1 Å². The van der Waals surface area contributed by atoms with Crippen molar-refractivity contribution in [3.05, 3.63) is 28.7 Å². The first-order valence-corrected chi connectivity index (χ1v) is 8.91. The highest BCUT2D eigenvalue weighted by atomic mass is 79.9. The molecule has 6 heteroatoms. The van der Waals surface area contributed by atoms with Crippen molar-refractivity contribution >= 4 is 46.0 Å². The number of nitrogens with one attached hydrogen (secondary N) is 2. The van der Waals surface area contributed by atoms with E-state index in [1.54, 1.807) is 11.8 Å². The zero-order valence-corrected chi connectivity index (χ0v) is 16.4. The lowest BCUT2D eigenvalue weighted by Crippen LogP contribution is -2.50. The van der Waals surface area contributed by atoms with Crippen molar-refractivity contribution < 1.29 is 4.79 Å². The second-order valence-electron chi connectivity index (χ2n) is 6.24. The molecule has 1 aromatic carbocycles. The van der Waals surface area contributed by atoms with Crippen molar-refractivity contribution in [2.45, 2.75) is 30.4 Å². The summed E-state index contributed by atoms with van der Waals surface area (Å²) in [5.74, 6) is 0.762. The van der Waals surface area contributed by atoms with E-state index in [2.05, 4.69) is 52.5 Å². The van der Waals surface area contributed by atoms with Crippen LogP contribution in [0.3, 0.4) is 0 Å². The number of carbonyl (C=O) groups excluding carboxylic acids is 1. The molecule has 0 aliphatic carbocycles. The topological polar surface area (TPSA) is 41.1 Å². The van der Waals surface area contributed by atoms with Gasteiger partial charge in [0.25, 0.3) is 0 Å². The Bertz CT molecular complexity index is 491. The molecule has 0 radical (unpaired) electrons. The van der Waals surface area contributed by atoms with Gasteiger partial charge >= 0.3 is 0 Å². The first-order valence-electron chi connectivity index (χ1n) is 7.30. The molecule has 0 saturated carbocycles. The highest BCUT2D eigenvalue weighted by Crippen LogP contribution is 2.32. The van der Waals surface area contributed by atoms with Crippen molar-refractivity contribution in [1.82, 2.24) is 10.6 Å². The fraction of sp³-hybridized carbons (Fsp3) is 0.562. The number of benzene rings is 1. The highest BCUT2D eigenvalue weighted by Gasteiger charge is 2.29. The number of carbonyl (C=O) groups is 1. The van der Waals surface area contributed by atoms with Crippen LogP contribution in [0.25, 0.3) is 0 Å². The van der Waals surface area contributed by atoms with Crippen molar-refractivity contribution in [2.75, 3.05) is 19.6 Å². The Hall–Kier alpha value is -0.230. The van der Waals surface area contributed by atoms with Gasteiger partial charge in [-0.1, -0.05) is 22.9 Å². The molecule has 22 heavy (non-hydrogen) atoms. The van der Waals surface area contributed by atoms with Crippen LogP contribution in [0, 0.1) is 11.8 Å². The molecule has 2 rings (SSSR count). The van der Waals surface area contributed by atoms with Crippen LogP contribution in [-0.2, 0) is 4.79 Å². The third-order valence-corrected chi connectivity index (χ3v) is 5.56. The van der Waals surface area contributed by atoms with Gasteiger partial charge in [0.15, 0.2) is 0 Å². The summed E-state index contributed by atoms with van der Waals surface area (Å²) in [6.45, 7) is 8.95. The monoisotopic (exact) mass is 406 g/mol. The predicted molar refractivity (Wildman–Crippen MR) is 99.9 cm³/mol. The summed E-state index contributed by atoms with van der Waals surface area (Å²) >= 11 is 5.23. The average molecular weight is 408 g/mol. The standard InChI is InChI=1S/C16H23BrN2OS.ClH/c1-11(12-8-18-9-12)15(20)19-10-16(2,3)21-14-6-4-13(17)5-7-14;/h4-7,11-12,18H,8-10H2,1-3H3,(H,19,20);1H. The number of thioether (sulfide) groups is 1. The molecule has 1 aliphatic heterocycles. The maximum Gasteiger partial charge on any atom is 0.223 e. The molecule has 124 valence electrons. The fourth-order valence-electron chi connectivity index (χ4n) is 2.20. The Kier molecular flexibility index (Phi) is 7.72. The lowest BCUT2D eigenvalue weighted by Gasteiger charge is -2.32. The molecule has 1 atom stereocenters. The van der Waals surface area contributed by atoms with Gasteiger partial charge < -0.3 is 10.6 Å². The Morgan fingerprint density at radius 1 is 1.41 bits per heavy atom. The number of rotatable bonds is 6. The number of hydrogen-bond donors (Lipinski definition) is 2. The van der Waals surface area contributed by atoms with Crippen LogP contribution < -0.4 is 10.6 Å². The summed E-state index contributed by atoms with van der Waals surface area (Å²) in [7, 11) is 0. The average Bonchev–Trinajstić information content (AvgIpc) is 2.36. The van der Waals surface area contributed by atoms with Gasteiger partial charge in [0.05, 0.1) is 0 Å². The van der Waals surface area contributed by atoms with Gasteiger partial charge in [-0.25, -0.2) is 0 Å². The third kappa shape index (κ3) is 5.76. The predicted octanol–water partition coefficient (Wildman–Crippen LogP) is 3.71. The maximum atomic E-state index is 12.2. The molecule has 0 bridgehead atoms. The second-order valence-corrected chi connectivity index (χ2v) is 8.94. The molecule has 1 saturated heterocycles. The summed E-state index contributed by atoms with van der Waals surface area (Å²) in [4.78, 5) is 13.4. The zero-order valence-electron chi connectivity index (χ0n) is 13.2. The number of amides is 1. The van der Waals surface area contributed by atoms with E-state index in [-0.39, 0.29) is 29.0 Å². The summed E-state index contributed by atoms with van der Waals surface area (Å²) in [5.41, 5.74) is 0. The molecule has 1 heterocycles. The number of hydrogen-bond acceptors (Lipinski definition) is 3. The highest BCUT2D eigenvalue weighted by molar-refractivity contribution is 9.10. The molecule has 1 fully saturated rings. The van der Waals surface area contributed by atoms with Crippen LogP contribution in [0.5, 0.6) is 0 Å². The van der Waals surface area contributed by atoms with Gasteiger partial charge in [-0.15, -0.1) is 24.2 Å². The third-order valence-electron chi connectivity index (χ3n) is 3.83. The van der Waals surface area contributed by atoms with Crippen molar-refractivity contribution in [1.29, 1.82) is 0 Å². The van der Waals surface area contributed by atoms with Gasteiger partial charge in [-0.2, -0.15) is 0 Å². The van der Waals surface area contributed by atoms with Gasteiger partial charge in [0, 0.05) is 26.6 Å². The molecule has 2 N–H and O–H groups in total. The molecular formula is C16H24BrClN2OS. The van der Waals surface area contributed by atoms with Gasteiger partial charge in [-0.3, -0.25) is 4.79 Å². The van der Waals surface area contributed by atoms with Crippen LogP contribution in [0.4, 0.5) is 0 Å². The van der Waals surface area contributed by atoms with Crippen LogP contribution >= 0.6 is 40.1 Å². The van der Waals surface area contributed by atoms with Crippen molar-refractivity contribution in [3.63, 3.8) is 0 Å². The van der Waals surface area contributed by atoms with Crippen molar-refractivity contribution in [2.24, 2.45) is 11.8 Å². The van der Waals surface area contributed by atoms with Crippen LogP contribution in [0.15, 0.2) is 33.6 Å². The minimum absolute atomic E-state index is 0. The lowest BCUT2D eigenvalue weighted by molar-refractivity contribution is -0.126. The molecule has 1 amide bonds. The van der Waals surface area contributed by atoms with E-state index in [9.17, 15) is 4.79 Å². The van der Waals surface area contributed by atoms with Crippen LogP contribution in [0.2, 0.25) is 0 Å². The Labute approximate surface area is 151 Å². The lowest BCUT2D eigenvalue weighted by atomic mass is 9.88. The second kappa shape index (κ2) is 8.57. The number of halogens is 2. The van der Waals surface area contributed by atoms with E-state index in [0.717, 1.165) is 17.6 Å².